The van der Waals surface area contributed by atoms with Crippen molar-refractivity contribution in [3.05, 3.63) is 29.3 Å². The highest BCUT2D eigenvalue weighted by molar-refractivity contribution is 14.0. The van der Waals surface area contributed by atoms with E-state index >= 15 is 0 Å². The van der Waals surface area contributed by atoms with Crippen LogP contribution in [0.4, 0.5) is 0 Å². The number of benzene rings is 1. The maximum Gasteiger partial charge on any atom is 0.191 e. The maximum atomic E-state index is 6.05. The van der Waals surface area contributed by atoms with Gasteiger partial charge >= 0.3 is 0 Å². The molecular weight excluding hydrogens is 461 g/mol. The molecule has 0 radical (unpaired) electrons. The third-order valence-electron chi connectivity index (χ3n) is 4.30. The number of nitrogens with one attached hydrogen (secondary N) is 2. The van der Waals surface area contributed by atoms with Gasteiger partial charge in [0.05, 0.1) is 6.10 Å². The lowest BCUT2D eigenvalue weighted by Crippen LogP contribution is -2.39. The van der Waals surface area contributed by atoms with Crippen molar-refractivity contribution in [3.63, 3.8) is 0 Å². The van der Waals surface area contributed by atoms with Gasteiger partial charge in [-0.3, -0.25) is 4.99 Å². The first-order valence-electron chi connectivity index (χ1n) is 8.93. The Morgan fingerprint density at radius 2 is 2.23 bits per heavy atom. The Labute approximate surface area is 179 Å². The zero-order valence-electron chi connectivity index (χ0n) is 16.2. The molecule has 0 aromatic heterocycles. The lowest BCUT2D eigenvalue weighted by molar-refractivity contribution is 0.0676. The summed E-state index contributed by atoms with van der Waals surface area (Å²) in [5, 5.41) is 7.27. The van der Waals surface area contributed by atoms with E-state index in [-0.39, 0.29) is 30.1 Å². The number of hydrogen-bond donors (Lipinski definition) is 2. The lowest BCUT2D eigenvalue weighted by Gasteiger charge is -2.18. The average Bonchev–Trinajstić information content (AvgIpc) is 3.14. The fourth-order valence-electron chi connectivity index (χ4n) is 2.62. The predicted molar refractivity (Wildman–Crippen MR) is 122 cm³/mol. The summed E-state index contributed by atoms with van der Waals surface area (Å²) in [7, 11) is 1.79. The van der Waals surface area contributed by atoms with Crippen LogP contribution in [-0.4, -0.2) is 50.4 Å². The summed E-state index contributed by atoms with van der Waals surface area (Å²) in [4.78, 5) is 4.29. The molecule has 2 rings (SSSR count). The van der Waals surface area contributed by atoms with E-state index in [0.29, 0.717) is 18.4 Å². The number of aliphatic imine (C=N–C) groups is 1. The first kappa shape index (κ1) is 23.4. The normalized spacial score (nSPS) is 18.2. The van der Waals surface area contributed by atoms with Crippen LogP contribution in [0.15, 0.2) is 23.2 Å². The van der Waals surface area contributed by atoms with E-state index in [1.807, 2.05) is 11.8 Å². The van der Waals surface area contributed by atoms with Crippen LogP contribution in [0, 0.1) is 6.92 Å². The van der Waals surface area contributed by atoms with Gasteiger partial charge in [-0.15, -0.1) is 24.0 Å². The molecule has 0 bridgehead atoms. The fraction of sp³-hybridized carbons (Fsp3) is 0.632. The zero-order chi connectivity index (χ0) is 18.1. The number of aryl methyl sites for hydroxylation is 1. The second-order valence-electron chi connectivity index (χ2n) is 6.41. The van der Waals surface area contributed by atoms with E-state index in [2.05, 4.69) is 53.9 Å². The molecule has 1 aromatic rings. The molecule has 1 fully saturated rings. The quantitative estimate of drug-likeness (QED) is 0.330. The minimum atomic E-state index is 0. The molecule has 26 heavy (non-hydrogen) atoms. The molecule has 2 N–H and O–H groups in total. The molecule has 7 heteroatoms. The van der Waals surface area contributed by atoms with Crippen LogP contribution in [0.5, 0.6) is 5.75 Å². The second-order valence-corrected chi connectivity index (χ2v) is 7.69. The van der Waals surface area contributed by atoms with Gasteiger partial charge in [0.15, 0.2) is 5.96 Å². The van der Waals surface area contributed by atoms with Gasteiger partial charge in [0.2, 0.25) is 0 Å². The van der Waals surface area contributed by atoms with Gasteiger partial charge in [0, 0.05) is 37.6 Å². The Balaban J connectivity index is 0.00000338. The van der Waals surface area contributed by atoms with Crippen molar-refractivity contribution in [3.8, 4) is 5.75 Å². The molecule has 5 nitrogen and oxygen atoms in total. The van der Waals surface area contributed by atoms with Crippen LogP contribution in [0.1, 0.15) is 30.9 Å². The number of ether oxygens (including phenoxy) is 2. The van der Waals surface area contributed by atoms with Crippen LogP contribution in [0.3, 0.4) is 0 Å². The highest BCUT2D eigenvalue weighted by atomic mass is 127. The summed E-state index contributed by atoms with van der Waals surface area (Å²) < 4.78 is 11.7. The molecule has 1 saturated heterocycles. The number of rotatable bonds is 8. The Morgan fingerprint density at radius 1 is 1.42 bits per heavy atom. The molecule has 1 heterocycles. The van der Waals surface area contributed by atoms with Crippen molar-refractivity contribution in [2.45, 2.75) is 44.6 Å². The summed E-state index contributed by atoms with van der Waals surface area (Å²) in [6, 6.07) is 6.32. The van der Waals surface area contributed by atoms with Gasteiger partial charge < -0.3 is 20.1 Å². The molecule has 2 atom stereocenters. The molecule has 1 aromatic carbocycles. The molecule has 0 aliphatic carbocycles. The third kappa shape index (κ3) is 7.92. The molecule has 0 amide bonds. The number of hydrogen-bond acceptors (Lipinski definition) is 4. The smallest absolute Gasteiger partial charge is 0.191 e. The van der Waals surface area contributed by atoms with Crippen LogP contribution < -0.4 is 15.4 Å². The van der Waals surface area contributed by atoms with Crippen molar-refractivity contribution in [2.24, 2.45) is 4.99 Å². The monoisotopic (exact) mass is 493 g/mol. The Kier molecular flexibility index (Phi) is 11.4. The second kappa shape index (κ2) is 12.7. The Bertz CT molecular complexity index is 566. The van der Waals surface area contributed by atoms with Crippen molar-refractivity contribution >= 4 is 41.7 Å². The summed E-state index contributed by atoms with van der Waals surface area (Å²) in [5.41, 5.74) is 2.33. The molecule has 0 saturated carbocycles. The van der Waals surface area contributed by atoms with Crippen LogP contribution >= 0.6 is 35.7 Å². The Hall–Kier alpha value is -0.670. The van der Waals surface area contributed by atoms with E-state index < -0.39 is 0 Å². The average molecular weight is 493 g/mol. The van der Waals surface area contributed by atoms with Gasteiger partial charge in [-0.25, -0.2) is 0 Å². The fourth-order valence-corrected chi connectivity index (χ4v) is 2.87. The molecule has 2 unspecified atom stereocenters. The van der Waals surface area contributed by atoms with Crippen molar-refractivity contribution in [1.29, 1.82) is 0 Å². The molecule has 148 valence electrons. The maximum absolute atomic E-state index is 6.05. The Morgan fingerprint density at radius 3 is 2.88 bits per heavy atom. The first-order chi connectivity index (χ1) is 12.1. The van der Waals surface area contributed by atoms with E-state index in [0.717, 1.165) is 43.3 Å². The van der Waals surface area contributed by atoms with E-state index in [4.69, 9.17) is 9.47 Å². The minimum absolute atomic E-state index is 0. The predicted octanol–water partition coefficient (Wildman–Crippen LogP) is 3.59. The highest BCUT2D eigenvalue weighted by Crippen LogP contribution is 2.22. The van der Waals surface area contributed by atoms with Crippen molar-refractivity contribution in [2.75, 3.05) is 33.1 Å². The summed E-state index contributed by atoms with van der Waals surface area (Å²) in [6.07, 6.45) is 4.56. The van der Waals surface area contributed by atoms with Crippen LogP contribution in [-0.2, 0) is 11.3 Å². The number of thioether (sulfide) groups is 1. The summed E-state index contributed by atoms with van der Waals surface area (Å²) >= 11 is 1.84. The van der Waals surface area contributed by atoms with Crippen LogP contribution in [0.2, 0.25) is 0 Å². The summed E-state index contributed by atoms with van der Waals surface area (Å²) in [5.74, 6) is 1.74. The molecule has 1 aliphatic rings. The van der Waals surface area contributed by atoms with Crippen molar-refractivity contribution < 1.29 is 9.47 Å². The number of nitrogens with zero attached hydrogens (tertiary/aromatic N) is 1. The number of guanidine groups is 1. The van der Waals surface area contributed by atoms with E-state index in [9.17, 15) is 0 Å². The highest BCUT2D eigenvalue weighted by Gasteiger charge is 2.17. The topological polar surface area (TPSA) is 54.9 Å². The van der Waals surface area contributed by atoms with Crippen LogP contribution in [0.25, 0.3) is 0 Å². The molecule has 1 aliphatic heterocycles. The van der Waals surface area contributed by atoms with Crippen molar-refractivity contribution in [1.82, 2.24) is 10.6 Å². The number of halogens is 1. The standard InChI is InChI=1S/C19H31N3O2S.HI/c1-14-7-8-16(12-22-19(20-3)21-11-15(2)25-4)18(10-14)24-13-17-6-5-9-23-17;/h7-8,10,15,17H,5-6,9,11-13H2,1-4H3,(H2,20,21,22);1H. The molecular formula is C19H32IN3O2S. The third-order valence-corrected chi connectivity index (χ3v) is 5.27. The largest absolute Gasteiger partial charge is 0.491 e. The zero-order valence-corrected chi connectivity index (χ0v) is 19.4. The molecule has 0 spiro atoms. The first-order valence-corrected chi connectivity index (χ1v) is 10.2. The van der Waals surface area contributed by atoms with Gasteiger partial charge in [-0.05, 0) is 37.7 Å². The lowest BCUT2D eigenvalue weighted by atomic mass is 10.1. The van der Waals surface area contributed by atoms with Gasteiger partial charge in [-0.2, -0.15) is 11.8 Å². The van der Waals surface area contributed by atoms with E-state index in [1.54, 1.807) is 7.05 Å². The van der Waals surface area contributed by atoms with Gasteiger partial charge in [0.25, 0.3) is 0 Å². The van der Waals surface area contributed by atoms with Gasteiger partial charge in [-0.1, -0.05) is 19.1 Å². The van der Waals surface area contributed by atoms with Gasteiger partial charge in [0.1, 0.15) is 12.4 Å². The minimum Gasteiger partial charge on any atom is -0.491 e. The van der Waals surface area contributed by atoms with E-state index in [1.165, 1.54) is 5.56 Å². The SMILES string of the molecule is CN=C(NCc1ccc(C)cc1OCC1CCCO1)NCC(C)SC.I. The summed E-state index contributed by atoms with van der Waals surface area (Å²) in [6.45, 7) is 7.31.